The molecule has 1 spiro atoms. The molecule has 3 aliphatic rings. The number of piperidine rings is 1. The van der Waals surface area contributed by atoms with Gasteiger partial charge in [-0.15, -0.1) is 3.89 Å². The molecule has 7 nitrogen and oxygen atoms in total. The van der Waals surface area contributed by atoms with Gasteiger partial charge in [-0.2, -0.15) is 8.42 Å². The first-order valence-electron chi connectivity index (χ1n) is 14.4. The molecule has 2 heterocycles. The summed E-state index contributed by atoms with van der Waals surface area (Å²) >= 11 is 0. The van der Waals surface area contributed by atoms with Crippen molar-refractivity contribution < 1.29 is 31.2 Å². The van der Waals surface area contributed by atoms with Crippen molar-refractivity contribution in [1.29, 1.82) is 0 Å². The van der Waals surface area contributed by atoms with E-state index in [-0.39, 0.29) is 28.5 Å². The number of sulfonamides is 1. The summed E-state index contributed by atoms with van der Waals surface area (Å²) in [6, 6.07) is 14.7. The molecule has 11 heteroatoms. The van der Waals surface area contributed by atoms with Crippen LogP contribution in [0.15, 0.2) is 71.6 Å². The van der Waals surface area contributed by atoms with Gasteiger partial charge in [0.15, 0.2) is 5.69 Å². The standard InChI is InChI=1S/C32H32F3N3O4S/c1-20(39)38(43(41,42)25-11-9-24(33)10-12-25)28-13-8-22(31(40)37-19-23-4-2-3-5-26(23)30(34)35)18-27(28)32(14-16-36-17-15-32)29(38)21-6-7-21/h2-5,8-13,18,21,29-30,36H,6-7,14-17,19H2,1H3/p+1. The first kappa shape index (κ1) is 29.5. The van der Waals surface area contributed by atoms with Crippen molar-refractivity contribution in [1.82, 2.24) is 14.5 Å². The lowest BCUT2D eigenvalue weighted by Crippen LogP contribution is -2.67. The van der Waals surface area contributed by atoms with E-state index in [1.165, 1.54) is 43.3 Å². The molecule has 3 aromatic carbocycles. The van der Waals surface area contributed by atoms with Gasteiger partial charge in [0.1, 0.15) is 16.8 Å². The van der Waals surface area contributed by atoms with Crippen LogP contribution >= 0.6 is 0 Å². The number of nitrogens with one attached hydrogen (secondary N) is 2. The minimum absolute atomic E-state index is 0.0345. The molecule has 2 amide bonds. The fourth-order valence-corrected chi connectivity index (χ4v) is 9.64. The van der Waals surface area contributed by atoms with E-state index in [0.29, 0.717) is 42.7 Å². The van der Waals surface area contributed by atoms with Crippen LogP contribution in [0.25, 0.3) is 0 Å². The van der Waals surface area contributed by atoms with Gasteiger partial charge in [-0.1, -0.05) is 24.3 Å². The van der Waals surface area contributed by atoms with Gasteiger partial charge in [-0.25, -0.2) is 18.0 Å². The quantitative estimate of drug-likeness (QED) is 0.351. The highest BCUT2D eigenvalue weighted by molar-refractivity contribution is 7.91. The molecule has 2 fully saturated rings. The molecule has 226 valence electrons. The summed E-state index contributed by atoms with van der Waals surface area (Å²) < 4.78 is 69.3. The lowest BCUT2D eigenvalue weighted by atomic mass is 9.68. The third kappa shape index (κ3) is 4.60. The summed E-state index contributed by atoms with van der Waals surface area (Å²) in [5.74, 6) is -1.67. The number of quaternary nitrogens is 1. The summed E-state index contributed by atoms with van der Waals surface area (Å²) in [6.07, 6.45) is 0.00155. The van der Waals surface area contributed by atoms with Gasteiger partial charge < -0.3 is 10.6 Å². The summed E-state index contributed by atoms with van der Waals surface area (Å²) in [6.45, 7) is 2.40. The highest BCUT2D eigenvalue weighted by atomic mass is 32.2. The number of fused-ring (bicyclic) bond motifs is 2. The molecule has 2 atom stereocenters. The van der Waals surface area contributed by atoms with Crippen molar-refractivity contribution in [3.05, 3.63) is 94.8 Å². The molecule has 0 radical (unpaired) electrons. The number of hydrogen-bond acceptors (Lipinski definition) is 5. The first-order chi connectivity index (χ1) is 20.5. The SMILES string of the molecule is CC(=O)[N+]1(S(=O)(=O)c2ccc(F)cc2)c2ccc(C(=O)NCc3ccccc3C(F)F)cc2C2(CCNCC2)C1C1CC1. The van der Waals surface area contributed by atoms with Gasteiger partial charge in [0.25, 0.3) is 12.3 Å². The van der Waals surface area contributed by atoms with E-state index < -0.39 is 49.4 Å². The molecule has 3 aromatic rings. The van der Waals surface area contributed by atoms with Crippen LogP contribution in [0.4, 0.5) is 18.9 Å². The molecule has 2 aliphatic heterocycles. The number of nitrogens with zero attached hydrogens (tertiary/aromatic N) is 1. The van der Waals surface area contributed by atoms with Crippen molar-refractivity contribution >= 4 is 27.5 Å². The van der Waals surface area contributed by atoms with Crippen LogP contribution in [-0.4, -0.2) is 39.4 Å². The zero-order chi connectivity index (χ0) is 30.6. The second-order valence-corrected chi connectivity index (χ2v) is 13.7. The Bertz CT molecular complexity index is 1690. The normalized spacial score (nSPS) is 22.9. The summed E-state index contributed by atoms with van der Waals surface area (Å²) in [7, 11) is -4.42. The highest BCUT2D eigenvalue weighted by Gasteiger charge is 2.73. The average molecular weight is 613 g/mol. The maximum atomic E-state index is 14.7. The maximum absolute atomic E-state index is 14.7. The molecule has 0 bridgehead atoms. The molecule has 0 aromatic heterocycles. The van der Waals surface area contributed by atoms with Crippen molar-refractivity contribution in [2.24, 2.45) is 5.92 Å². The predicted molar refractivity (Wildman–Crippen MR) is 155 cm³/mol. The second-order valence-electron chi connectivity index (χ2n) is 11.7. The molecule has 1 saturated heterocycles. The minimum Gasteiger partial charge on any atom is -0.348 e. The van der Waals surface area contributed by atoms with E-state index in [9.17, 15) is 31.2 Å². The maximum Gasteiger partial charge on any atom is 0.339 e. The number of halogens is 3. The first-order valence-corrected chi connectivity index (χ1v) is 15.9. The highest BCUT2D eigenvalue weighted by Crippen LogP contribution is 2.62. The minimum atomic E-state index is -4.42. The monoisotopic (exact) mass is 612 g/mol. The Labute approximate surface area is 248 Å². The fourth-order valence-electron chi connectivity index (χ4n) is 7.39. The zero-order valence-electron chi connectivity index (χ0n) is 23.7. The Kier molecular flexibility index (Phi) is 7.46. The summed E-state index contributed by atoms with van der Waals surface area (Å²) in [5.41, 5.74) is 0.644. The van der Waals surface area contributed by atoms with Crippen molar-refractivity contribution in [2.45, 2.75) is 61.9 Å². The number of benzene rings is 3. The van der Waals surface area contributed by atoms with Crippen LogP contribution < -0.4 is 14.5 Å². The number of alkyl halides is 2. The second kappa shape index (κ2) is 10.9. The van der Waals surface area contributed by atoms with E-state index in [0.717, 1.165) is 25.0 Å². The van der Waals surface area contributed by atoms with Gasteiger partial charge in [0, 0.05) is 35.2 Å². The van der Waals surface area contributed by atoms with Gasteiger partial charge in [-0.05, 0) is 80.7 Å². The van der Waals surface area contributed by atoms with E-state index >= 15 is 0 Å². The van der Waals surface area contributed by atoms with E-state index in [4.69, 9.17) is 0 Å². The third-order valence-electron chi connectivity index (χ3n) is 9.36. The Morgan fingerprint density at radius 3 is 2.33 bits per heavy atom. The Hall–Kier alpha value is -3.54. The van der Waals surface area contributed by atoms with Crippen LogP contribution in [0.1, 0.15) is 66.1 Å². The third-order valence-corrected chi connectivity index (χ3v) is 11.7. The number of carbonyl (C=O) groups excluding carboxylic acids is 2. The van der Waals surface area contributed by atoms with Gasteiger partial charge in [0.05, 0.1) is 12.3 Å². The zero-order valence-corrected chi connectivity index (χ0v) is 24.5. The van der Waals surface area contributed by atoms with Crippen molar-refractivity contribution in [2.75, 3.05) is 13.1 Å². The van der Waals surface area contributed by atoms with Gasteiger partial charge in [-0.3, -0.25) is 4.79 Å². The molecular weight excluding hydrogens is 579 g/mol. The predicted octanol–water partition coefficient (Wildman–Crippen LogP) is 5.35. The van der Waals surface area contributed by atoms with Crippen LogP contribution in [-0.2, 0) is 26.8 Å². The van der Waals surface area contributed by atoms with Crippen LogP contribution in [0.5, 0.6) is 0 Å². The summed E-state index contributed by atoms with van der Waals surface area (Å²) in [5, 5.41) is 6.08. The Morgan fingerprint density at radius 1 is 1.02 bits per heavy atom. The molecule has 2 N–H and O–H groups in total. The Morgan fingerprint density at radius 2 is 1.70 bits per heavy atom. The average Bonchev–Trinajstić information content (AvgIpc) is 3.80. The smallest absolute Gasteiger partial charge is 0.339 e. The number of hydrogen-bond donors (Lipinski definition) is 2. The molecule has 1 aliphatic carbocycles. The van der Waals surface area contributed by atoms with E-state index in [1.54, 1.807) is 18.2 Å². The topological polar surface area (TPSA) is 92.3 Å². The molecule has 43 heavy (non-hydrogen) atoms. The van der Waals surface area contributed by atoms with Crippen molar-refractivity contribution in [3.8, 4) is 0 Å². The van der Waals surface area contributed by atoms with Gasteiger partial charge >= 0.3 is 15.9 Å². The number of rotatable bonds is 7. The number of amides is 2. The van der Waals surface area contributed by atoms with Crippen LogP contribution in [0.2, 0.25) is 0 Å². The van der Waals surface area contributed by atoms with Gasteiger partial charge in [0.2, 0.25) is 0 Å². The van der Waals surface area contributed by atoms with Crippen LogP contribution in [0, 0.1) is 11.7 Å². The Balaban J connectivity index is 1.48. The fraction of sp³-hybridized carbons (Fsp3) is 0.375. The lowest BCUT2D eigenvalue weighted by Gasteiger charge is -2.43. The molecule has 1 saturated carbocycles. The largest absolute Gasteiger partial charge is 0.348 e. The number of carbonyl (C=O) groups is 2. The molecular formula is C32H33F3N3O4S+. The van der Waals surface area contributed by atoms with Crippen LogP contribution in [0.3, 0.4) is 0 Å². The summed E-state index contributed by atoms with van der Waals surface area (Å²) in [4.78, 5) is 27.2. The molecule has 2 unspecified atom stereocenters. The van der Waals surface area contributed by atoms with Crippen molar-refractivity contribution in [3.63, 3.8) is 0 Å². The van der Waals surface area contributed by atoms with E-state index in [1.807, 2.05) is 0 Å². The lowest BCUT2D eigenvalue weighted by molar-refractivity contribution is -0.126. The van der Waals surface area contributed by atoms with E-state index in [2.05, 4.69) is 10.6 Å². The molecule has 6 rings (SSSR count).